The van der Waals surface area contributed by atoms with E-state index in [1.165, 1.54) is 18.3 Å². The lowest BCUT2D eigenvalue weighted by Gasteiger charge is -2.04. The molecule has 1 N–H and O–H groups in total. The number of hydrogen-bond donors (Lipinski definition) is 1. The van der Waals surface area contributed by atoms with Crippen molar-refractivity contribution in [3.05, 3.63) is 27.5 Å². The summed E-state index contributed by atoms with van der Waals surface area (Å²) in [5.41, 5.74) is 0.526. The Morgan fingerprint density at radius 2 is 2.16 bits per heavy atom. The molecule has 19 heavy (non-hydrogen) atoms. The minimum atomic E-state index is -0.413. The molecule has 2 aromatic rings. The molecule has 0 saturated heterocycles. The van der Waals surface area contributed by atoms with E-state index in [1.807, 2.05) is 18.2 Å². The van der Waals surface area contributed by atoms with Gasteiger partial charge in [0.2, 0.25) is 5.91 Å². The van der Waals surface area contributed by atoms with Crippen molar-refractivity contribution in [2.24, 2.45) is 0 Å². The summed E-state index contributed by atoms with van der Waals surface area (Å²) >= 11 is 4.70. The minimum absolute atomic E-state index is 0.215. The minimum Gasteiger partial charge on any atom is -0.462 e. The van der Waals surface area contributed by atoms with E-state index in [0.717, 1.165) is 14.6 Å². The van der Waals surface area contributed by atoms with Crippen molar-refractivity contribution in [2.75, 3.05) is 11.9 Å². The number of rotatable bonds is 3. The van der Waals surface area contributed by atoms with Crippen LogP contribution in [0.3, 0.4) is 0 Å². The van der Waals surface area contributed by atoms with Crippen molar-refractivity contribution in [1.82, 2.24) is 0 Å². The van der Waals surface area contributed by atoms with Gasteiger partial charge in [-0.2, -0.15) is 0 Å². The molecular formula is C13H12BrNO3S. The number of benzene rings is 1. The molecule has 1 aromatic heterocycles. The van der Waals surface area contributed by atoms with Crippen LogP contribution in [-0.2, 0) is 9.53 Å². The van der Waals surface area contributed by atoms with Gasteiger partial charge in [-0.25, -0.2) is 4.79 Å². The third kappa shape index (κ3) is 2.96. The average Bonchev–Trinajstić information content (AvgIpc) is 2.67. The summed E-state index contributed by atoms with van der Waals surface area (Å²) < 4.78 is 6.86. The number of esters is 1. The highest BCUT2D eigenvalue weighted by atomic mass is 79.9. The van der Waals surface area contributed by atoms with Crippen LogP contribution in [0.15, 0.2) is 22.7 Å². The Balaban J connectivity index is 2.60. The van der Waals surface area contributed by atoms with Crippen molar-refractivity contribution >= 4 is 54.9 Å². The second-order valence-electron chi connectivity index (χ2n) is 3.85. The molecule has 1 amide bonds. The Morgan fingerprint density at radius 3 is 2.79 bits per heavy atom. The Hall–Kier alpha value is -1.40. The van der Waals surface area contributed by atoms with E-state index < -0.39 is 5.97 Å². The highest BCUT2D eigenvalue weighted by Crippen LogP contribution is 2.37. The van der Waals surface area contributed by atoms with Crippen molar-refractivity contribution in [3.63, 3.8) is 0 Å². The molecule has 0 bridgehead atoms. The summed E-state index contributed by atoms with van der Waals surface area (Å²) in [5, 5.41) is 3.55. The topological polar surface area (TPSA) is 55.4 Å². The summed E-state index contributed by atoms with van der Waals surface area (Å²) in [6.07, 6.45) is 0. The zero-order valence-corrected chi connectivity index (χ0v) is 12.9. The van der Waals surface area contributed by atoms with E-state index in [4.69, 9.17) is 4.74 Å². The highest BCUT2D eigenvalue weighted by Gasteiger charge is 2.20. The molecule has 0 spiro atoms. The van der Waals surface area contributed by atoms with Crippen molar-refractivity contribution in [3.8, 4) is 0 Å². The van der Waals surface area contributed by atoms with Gasteiger partial charge in [-0.1, -0.05) is 22.0 Å². The number of fused-ring (bicyclic) bond motifs is 1. The van der Waals surface area contributed by atoms with Gasteiger partial charge >= 0.3 is 5.97 Å². The van der Waals surface area contributed by atoms with Gasteiger partial charge in [0, 0.05) is 21.5 Å². The van der Waals surface area contributed by atoms with Gasteiger partial charge in [0.15, 0.2) is 0 Å². The van der Waals surface area contributed by atoms with Crippen LogP contribution in [-0.4, -0.2) is 18.5 Å². The first kappa shape index (κ1) is 14.0. The average molecular weight is 342 g/mol. The van der Waals surface area contributed by atoms with Crippen molar-refractivity contribution in [1.29, 1.82) is 0 Å². The lowest BCUT2D eigenvalue weighted by Crippen LogP contribution is -2.10. The molecule has 1 heterocycles. The van der Waals surface area contributed by atoms with Crippen LogP contribution in [0.25, 0.3) is 10.1 Å². The van der Waals surface area contributed by atoms with Crippen molar-refractivity contribution in [2.45, 2.75) is 13.8 Å². The third-order valence-corrected chi connectivity index (χ3v) is 4.04. The maximum Gasteiger partial charge on any atom is 0.350 e. The SMILES string of the molecule is CCOC(=O)c1sc2cc(Br)ccc2c1NC(C)=O. The maximum atomic E-state index is 11.9. The van der Waals surface area contributed by atoms with E-state index in [-0.39, 0.29) is 5.91 Å². The fourth-order valence-electron chi connectivity index (χ4n) is 1.71. The molecule has 0 atom stereocenters. The van der Waals surface area contributed by atoms with Gasteiger partial charge in [0.25, 0.3) is 0 Å². The standard InChI is InChI=1S/C13H12BrNO3S/c1-3-18-13(17)12-11(15-7(2)16)9-5-4-8(14)6-10(9)19-12/h4-6H,3H2,1-2H3,(H,15,16). The van der Waals surface area contributed by atoms with Crippen LogP contribution in [0.4, 0.5) is 5.69 Å². The zero-order valence-electron chi connectivity index (χ0n) is 10.5. The van der Waals surface area contributed by atoms with Crippen molar-refractivity contribution < 1.29 is 14.3 Å². The molecule has 0 radical (unpaired) electrons. The third-order valence-electron chi connectivity index (χ3n) is 2.41. The van der Waals surface area contributed by atoms with Crippen LogP contribution in [0.5, 0.6) is 0 Å². The summed E-state index contributed by atoms with van der Waals surface area (Å²) in [6, 6.07) is 5.65. The van der Waals surface area contributed by atoms with E-state index in [9.17, 15) is 9.59 Å². The second-order valence-corrected chi connectivity index (χ2v) is 5.82. The summed E-state index contributed by atoms with van der Waals surface area (Å²) in [5.74, 6) is -0.628. The number of thiophene rings is 1. The van der Waals surface area contributed by atoms with E-state index in [1.54, 1.807) is 6.92 Å². The molecule has 0 aliphatic heterocycles. The van der Waals surface area contributed by atoms with E-state index in [2.05, 4.69) is 21.2 Å². The fraction of sp³-hybridized carbons (Fsp3) is 0.231. The first-order valence-corrected chi connectivity index (χ1v) is 7.30. The molecule has 0 aliphatic carbocycles. The maximum absolute atomic E-state index is 11.9. The van der Waals surface area contributed by atoms with Gasteiger partial charge in [-0.15, -0.1) is 11.3 Å². The molecular weight excluding hydrogens is 330 g/mol. The lowest BCUT2D eigenvalue weighted by atomic mass is 10.2. The van der Waals surface area contributed by atoms with Gasteiger partial charge in [-0.3, -0.25) is 4.79 Å². The van der Waals surface area contributed by atoms with E-state index in [0.29, 0.717) is 17.2 Å². The Labute approximate surface area is 122 Å². The molecule has 100 valence electrons. The van der Waals surface area contributed by atoms with Crippen LogP contribution in [0.1, 0.15) is 23.5 Å². The molecule has 0 unspecified atom stereocenters. The largest absolute Gasteiger partial charge is 0.462 e. The molecule has 0 saturated carbocycles. The molecule has 4 nitrogen and oxygen atoms in total. The summed E-state index contributed by atoms with van der Waals surface area (Å²) in [4.78, 5) is 23.6. The molecule has 2 rings (SSSR count). The van der Waals surface area contributed by atoms with Gasteiger partial charge in [0.05, 0.1) is 12.3 Å². The Morgan fingerprint density at radius 1 is 1.42 bits per heavy atom. The molecule has 0 fully saturated rings. The van der Waals surface area contributed by atoms with Gasteiger partial charge < -0.3 is 10.1 Å². The van der Waals surface area contributed by atoms with Crippen LogP contribution < -0.4 is 5.32 Å². The quantitative estimate of drug-likeness (QED) is 0.864. The summed E-state index contributed by atoms with van der Waals surface area (Å²) in [6.45, 7) is 3.47. The highest BCUT2D eigenvalue weighted by molar-refractivity contribution is 9.10. The van der Waals surface area contributed by atoms with Crippen LogP contribution in [0.2, 0.25) is 0 Å². The number of carbonyl (C=O) groups is 2. The lowest BCUT2D eigenvalue weighted by molar-refractivity contribution is -0.114. The van der Waals surface area contributed by atoms with Gasteiger partial charge in [0.1, 0.15) is 4.88 Å². The van der Waals surface area contributed by atoms with E-state index >= 15 is 0 Å². The van der Waals surface area contributed by atoms with Crippen LogP contribution >= 0.6 is 27.3 Å². The number of nitrogens with one attached hydrogen (secondary N) is 1. The van der Waals surface area contributed by atoms with Gasteiger partial charge in [-0.05, 0) is 19.1 Å². The Kier molecular flexibility index (Phi) is 4.21. The Bertz CT molecular complexity index is 651. The normalized spacial score (nSPS) is 10.5. The predicted octanol–water partition coefficient (Wildman–Crippen LogP) is 3.80. The number of carbonyl (C=O) groups excluding carboxylic acids is 2. The first-order chi connectivity index (χ1) is 9.02. The first-order valence-electron chi connectivity index (χ1n) is 5.69. The molecule has 0 aliphatic rings. The second kappa shape index (κ2) is 5.71. The predicted molar refractivity (Wildman–Crippen MR) is 79.8 cm³/mol. The number of halogens is 1. The fourth-order valence-corrected chi connectivity index (χ4v) is 3.31. The number of amides is 1. The number of anilines is 1. The molecule has 6 heteroatoms. The monoisotopic (exact) mass is 341 g/mol. The summed E-state index contributed by atoms with van der Waals surface area (Å²) in [7, 11) is 0. The molecule has 1 aromatic carbocycles. The van der Waals surface area contributed by atoms with Crippen LogP contribution in [0, 0.1) is 0 Å². The number of hydrogen-bond acceptors (Lipinski definition) is 4. The zero-order chi connectivity index (χ0) is 14.0. The smallest absolute Gasteiger partial charge is 0.350 e. The number of ether oxygens (including phenoxy) is 1.